The van der Waals surface area contributed by atoms with Crippen molar-refractivity contribution >= 4 is 17.4 Å². The van der Waals surface area contributed by atoms with Gasteiger partial charge < -0.3 is 15.0 Å². The third-order valence-corrected chi connectivity index (χ3v) is 4.29. The Balaban J connectivity index is 1.74. The van der Waals surface area contributed by atoms with E-state index in [0.717, 1.165) is 29.6 Å². The lowest BCUT2D eigenvalue weighted by molar-refractivity contribution is 0.0302. The second-order valence-corrected chi connectivity index (χ2v) is 6.40. The van der Waals surface area contributed by atoms with Crippen molar-refractivity contribution in [2.45, 2.75) is 51.5 Å². The van der Waals surface area contributed by atoms with Gasteiger partial charge in [0.15, 0.2) is 0 Å². The van der Waals surface area contributed by atoms with E-state index in [1.165, 1.54) is 12.8 Å². The highest BCUT2D eigenvalue weighted by molar-refractivity contribution is 6.31. The minimum absolute atomic E-state index is 0.378. The maximum Gasteiger partial charge on any atom is 0.129 e. The molecule has 2 fully saturated rings. The quantitative estimate of drug-likeness (QED) is 0.926. The fourth-order valence-corrected chi connectivity index (χ4v) is 3.05. The fourth-order valence-electron chi connectivity index (χ4n) is 2.88. The number of aromatic nitrogens is 1. The summed E-state index contributed by atoms with van der Waals surface area (Å²) in [5.41, 5.74) is 0.928. The highest BCUT2D eigenvalue weighted by Crippen LogP contribution is 2.29. The van der Waals surface area contributed by atoms with Crippen molar-refractivity contribution < 1.29 is 4.74 Å². The Morgan fingerprint density at radius 1 is 1.35 bits per heavy atom. The topological polar surface area (TPSA) is 37.4 Å². The molecule has 110 valence electrons. The van der Waals surface area contributed by atoms with Crippen LogP contribution in [0.2, 0.25) is 5.02 Å². The SMILES string of the molecule is CC(C)NCc1nc(N2CC3CCC(C2)O3)ccc1Cl. The van der Waals surface area contributed by atoms with Crippen LogP contribution in [0.1, 0.15) is 32.4 Å². The first kappa shape index (κ1) is 14.1. The Labute approximate surface area is 125 Å². The number of ether oxygens (including phenoxy) is 1. The lowest BCUT2D eigenvalue weighted by Crippen LogP contribution is -2.43. The van der Waals surface area contributed by atoms with Crippen LogP contribution in [-0.4, -0.2) is 36.3 Å². The van der Waals surface area contributed by atoms with E-state index in [1.54, 1.807) is 0 Å². The zero-order valence-corrected chi connectivity index (χ0v) is 12.9. The Morgan fingerprint density at radius 2 is 2.05 bits per heavy atom. The van der Waals surface area contributed by atoms with Crippen molar-refractivity contribution in [3.63, 3.8) is 0 Å². The lowest BCUT2D eigenvalue weighted by Gasteiger charge is -2.33. The number of rotatable bonds is 4. The van der Waals surface area contributed by atoms with Gasteiger partial charge in [0, 0.05) is 25.7 Å². The summed E-state index contributed by atoms with van der Waals surface area (Å²) >= 11 is 6.24. The summed E-state index contributed by atoms with van der Waals surface area (Å²) in [5.74, 6) is 1.02. The van der Waals surface area contributed by atoms with Gasteiger partial charge in [0.25, 0.3) is 0 Å². The van der Waals surface area contributed by atoms with Crippen molar-refractivity contribution in [1.82, 2.24) is 10.3 Å². The van der Waals surface area contributed by atoms with Crippen molar-refractivity contribution in [2.24, 2.45) is 0 Å². The number of hydrogen-bond acceptors (Lipinski definition) is 4. The Kier molecular flexibility index (Phi) is 4.15. The van der Waals surface area contributed by atoms with Crippen LogP contribution >= 0.6 is 11.6 Å². The summed E-state index contributed by atoms with van der Waals surface area (Å²) in [7, 11) is 0. The summed E-state index contributed by atoms with van der Waals surface area (Å²) in [4.78, 5) is 7.07. The maximum absolute atomic E-state index is 6.24. The number of nitrogens with zero attached hydrogens (tertiary/aromatic N) is 2. The number of nitrogens with one attached hydrogen (secondary N) is 1. The number of pyridine rings is 1. The monoisotopic (exact) mass is 295 g/mol. The molecule has 20 heavy (non-hydrogen) atoms. The average Bonchev–Trinajstić information content (AvgIpc) is 2.76. The molecule has 2 unspecified atom stereocenters. The largest absolute Gasteiger partial charge is 0.371 e. The molecule has 0 amide bonds. The normalized spacial score (nSPS) is 25.5. The molecule has 3 heterocycles. The van der Waals surface area contributed by atoms with Crippen molar-refractivity contribution in [2.75, 3.05) is 18.0 Å². The third-order valence-electron chi connectivity index (χ3n) is 3.95. The molecule has 0 aromatic carbocycles. The zero-order valence-electron chi connectivity index (χ0n) is 12.1. The zero-order chi connectivity index (χ0) is 14.1. The number of fused-ring (bicyclic) bond motifs is 2. The molecule has 0 saturated carbocycles. The van der Waals surface area contributed by atoms with Crippen LogP contribution in [-0.2, 0) is 11.3 Å². The van der Waals surface area contributed by atoms with Gasteiger partial charge in [-0.25, -0.2) is 4.98 Å². The van der Waals surface area contributed by atoms with Crippen LogP contribution in [0.4, 0.5) is 5.82 Å². The average molecular weight is 296 g/mol. The van der Waals surface area contributed by atoms with Crippen LogP contribution < -0.4 is 10.2 Å². The van der Waals surface area contributed by atoms with Gasteiger partial charge in [-0.15, -0.1) is 0 Å². The van der Waals surface area contributed by atoms with Crippen LogP contribution in [0.3, 0.4) is 0 Å². The third kappa shape index (κ3) is 3.08. The number of morpholine rings is 1. The minimum Gasteiger partial charge on any atom is -0.371 e. The molecule has 2 aliphatic rings. The van der Waals surface area contributed by atoms with E-state index >= 15 is 0 Å². The van der Waals surface area contributed by atoms with E-state index in [0.29, 0.717) is 24.8 Å². The van der Waals surface area contributed by atoms with Gasteiger partial charge in [0.05, 0.1) is 22.9 Å². The molecule has 2 saturated heterocycles. The lowest BCUT2D eigenvalue weighted by atomic mass is 10.2. The standard InChI is InChI=1S/C15H22ClN3O/c1-10(2)17-7-14-13(16)5-6-15(18-14)19-8-11-3-4-12(9-19)20-11/h5-6,10-12,17H,3-4,7-9H2,1-2H3. The summed E-state index contributed by atoms with van der Waals surface area (Å²) in [6, 6.07) is 4.40. The van der Waals surface area contributed by atoms with E-state index in [4.69, 9.17) is 21.3 Å². The van der Waals surface area contributed by atoms with Crippen LogP contribution in [0.5, 0.6) is 0 Å². The molecule has 2 bridgehead atoms. The van der Waals surface area contributed by atoms with Gasteiger partial charge in [0.1, 0.15) is 5.82 Å². The van der Waals surface area contributed by atoms with E-state index in [1.807, 2.05) is 12.1 Å². The summed E-state index contributed by atoms with van der Waals surface area (Å²) in [6.07, 6.45) is 3.11. The predicted molar refractivity (Wildman–Crippen MR) is 81.3 cm³/mol. The smallest absolute Gasteiger partial charge is 0.129 e. The van der Waals surface area contributed by atoms with Crippen LogP contribution in [0, 0.1) is 0 Å². The molecule has 1 aromatic rings. The molecule has 5 heteroatoms. The first-order valence-corrected chi connectivity index (χ1v) is 7.79. The predicted octanol–water partition coefficient (Wildman–Crippen LogP) is 2.60. The van der Waals surface area contributed by atoms with Gasteiger partial charge >= 0.3 is 0 Å². The van der Waals surface area contributed by atoms with E-state index < -0.39 is 0 Å². The van der Waals surface area contributed by atoms with Crippen molar-refractivity contribution in [3.05, 3.63) is 22.8 Å². The summed E-state index contributed by atoms with van der Waals surface area (Å²) < 4.78 is 5.87. The molecule has 2 aliphatic heterocycles. The molecule has 2 atom stereocenters. The minimum atomic E-state index is 0.378. The summed E-state index contributed by atoms with van der Waals surface area (Å²) in [6.45, 7) is 6.85. The Hall–Kier alpha value is -0.840. The first-order chi connectivity index (χ1) is 9.61. The molecular weight excluding hydrogens is 274 g/mol. The van der Waals surface area contributed by atoms with Gasteiger partial charge in [-0.1, -0.05) is 25.4 Å². The van der Waals surface area contributed by atoms with Gasteiger partial charge in [-0.3, -0.25) is 0 Å². The van der Waals surface area contributed by atoms with Crippen molar-refractivity contribution in [1.29, 1.82) is 0 Å². The number of hydrogen-bond donors (Lipinski definition) is 1. The molecular formula is C15H22ClN3O. The highest BCUT2D eigenvalue weighted by Gasteiger charge is 2.34. The second kappa shape index (κ2) is 5.88. The molecule has 0 aliphatic carbocycles. The highest BCUT2D eigenvalue weighted by atomic mass is 35.5. The van der Waals surface area contributed by atoms with E-state index in [2.05, 4.69) is 24.1 Å². The molecule has 0 spiro atoms. The van der Waals surface area contributed by atoms with Gasteiger partial charge in [0.2, 0.25) is 0 Å². The van der Waals surface area contributed by atoms with Gasteiger partial charge in [-0.05, 0) is 25.0 Å². The van der Waals surface area contributed by atoms with Crippen LogP contribution in [0.15, 0.2) is 12.1 Å². The fraction of sp³-hybridized carbons (Fsp3) is 0.667. The molecule has 1 N–H and O–H groups in total. The van der Waals surface area contributed by atoms with Crippen LogP contribution in [0.25, 0.3) is 0 Å². The molecule has 3 rings (SSSR count). The first-order valence-electron chi connectivity index (χ1n) is 7.41. The summed E-state index contributed by atoms with van der Waals surface area (Å²) in [5, 5.41) is 4.11. The maximum atomic E-state index is 6.24. The Morgan fingerprint density at radius 3 is 2.70 bits per heavy atom. The van der Waals surface area contributed by atoms with E-state index in [-0.39, 0.29) is 0 Å². The molecule has 4 nitrogen and oxygen atoms in total. The second-order valence-electron chi connectivity index (χ2n) is 6.00. The molecule has 0 radical (unpaired) electrons. The van der Waals surface area contributed by atoms with E-state index in [9.17, 15) is 0 Å². The van der Waals surface area contributed by atoms with Crippen molar-refractivity contribution in [3.8, 4) is 0 Å². The van der Waals surface area contributed by atoms with Gasteiger partial charge in [-0.2, -0.15) is 0 Å². The Bertz CT molecular complexity index is 468. The number of halogens is 1. The molecule has 1 aromatic heterocycles. The number of anilines is 1.